The summed E-state index contributed by atoms with van der Waals surface area (Å²) < 4.78 is 39.4. The molecule has 0 N–H and O–H groups in total. The van der Waals surface area contributed by atoms with E-state index in [1.54, 1.807) is 15.7 Å². The maximum absolute atomic E-state index is 12.6. The van der Waals surface area contributed by atoms with Crippen molar-refractivity contribution in [2.75, 3.05) is 13.1 Å². The molecule has 3 heterocycles. The Kier molecular flexibility index (Phi) is 4.44. The zero-order valence-corrected chi connectivity index (χ0v) is 13.7. The van der Waals surface area contributed by atoms with Crippen molar-refractivity contribution in [1.29, 1.82) is 0 Å². The third-order valence-electron chi connectivity index (χ3n) is 3.65. The van der Waals surface area contributed by atoms with E-state index in [-0.39, 0.29) is 6.03 Å². The molecule has 0 atom stereocenters. The molecule has 0 unspecified atom stereocenters. The molecule has 1 saturated heterocycles. The average Bonchev–Trinajstić information content (AvgIpc) is 3.16. The van der Waals surface area contributed by atoms with Gasteiger partial charge in [-0.15, -0.1) is 11.3 Å². The molecule has 1 aliphatic heterocycles. The Morgan fingerprint density at radius 2 is 2.00 bits per heavy atom. The number of thiazole rings is 1. The lowest BCUT2D eigenvalue weighted by Gasteiger charge is -2.11. The first kappa shape index (κ1) is 16.7. The Labute approximate surface area is 140 Å². The Morgan fingerprint density at radius 3 is 2.58 bits per heavy atom. The number of aromatic nitrogens is 2. The van der Waals surface area contributed by atoms with Gasteiger partial charge in [0.15, 0.2) is 4.80 Å². The molecular formula is C15H15F3N4OS. The van der Waals surface area contributed by atoms with Crippen LogP contribution in [0.5, 0.6) is 0 Å². The molecule has 128 valence electrons. The van der Waals surface area contributed by atoms with Gasteiger partial charge >= 0.3 is 12.2 Å². The summed E-state index contributed by atoms with van der Waals surface area (Å²) in [5.74, 6) is 0. The maximum Gasteiger partial charge on any atom is 0.433 e. The van der Waals surface area contributed by atoms with Gasteiger partial charge in [-0.3, -0.25) is 4.57 Å². The minimum atomic E-state index is -4.48. The van der Waals surface area contributed by atoms with Crippen LogP contribution in [0.3, 0.4) is 0 Å². The van der Waals surface area contributed by atoms with Gasteiger partial charge in [-0.2, -0.15) is 18.2 Å². The molecule has 9 heteroatoms. The van der Waals surface area contributed by atoms with Crippen molar-refractivity contribution < 1.29 is 18.0 Å². The number of urea groups is 1. The minimum absolute atomic E-state index is 0.317. The Balaban J connectivity index is 1.95. The van der Waals surface area contributed by atoms with Crippen LogP contribution in [-0.2, 0) is 6.18 Å². The molecule has 1 fully saturated rings. The van der Waals surface area contributed by atoms with Crippen LogP contribution < -0.4 is 4.80 Å². The summed E-state index contributed by atoms with van der Waals surface area (Å²) in [5.41, 5.74) is -0.522. The summed E-state index contributed by atoms with van der Waals surface area (Å²) in [5, 5.41) is 0. The second kappa shape index (κ2) is 6.39. The molecule has 0 aromatic carbocycles. The highest BCUT2D eigenvalue weighted by atomic mass is 32.1. The first-order chi connectivity index (χ1) is 11.3. The first-order valence-electron chi connectivity index (χ1n) is 7.41. The second-order valence-corrected chi connectivity index (χ2v) is 6.70. The van der Waals surface area contributed by atoms with Gasteiger partial charge < -0.3 is 4.90 Å². The second-order valence-electron chi connectivity index (χ2n) is 5.48. The topological polar surface area (TPSA) is 50.5 Å². The van der Waals surface area contributed by atoms with E-state index in [4.69, 9.17) is 0 Å². The van der Waals surface area contributed by atoms with Crippen LogP contribution in [0.1, 0.15) is 23.4 Å². The van der Waals surface area contributed by atoms with Crippen LogP contribution in [0.4, 0.5) is 18.0 Å². The number of pyridine rings is 1. The van der Waals surface area contributed by atoms with Crippen LogP contribution >= 0.6 is 11.3 Å². The SMILES string of the molecule is Cc1cn(-c2ccc(C(F)(F)F)nc2)/c(=N/C(=O)N2CCCC2)s1. The van der Waals surface area contributed by atoms with Crippen LogP contribution in [0.15, 0.2) is 29.5 Å². The monoisotopic (exact) mass is 356 g/mol. The first-order valence-corrected chi connectivity index (χ1v) is 8.22. The molecule has 24 heavy (non-hydrogen) atoms. The van der Waals surface area contributed by atoms with Crippen molar-refractivity contribution in [3.05, 3.63) is 39.9 Å². The summed E-state index contributed by atoms with van der Waals surface area (Å²) >= 11 is 1.30. The van der Waals surface area contributed by atoms with Gasteiger partial charge in [0.25, 0.3) is 0 Å². The molecule has 0 aliphatic carbocycles. The van der Waals surface area contributed by atoms with Crippen molar-refractivity contribution in [3.8, 4) is 5.69 Å². The van der Waals surface area contributed by atoms with E-state index in [0.717, 1.165) is 30.0 Å². The minimum Gasteiger partial charge on any atom is -0.323 e. The zero-order valence-electron chi connectivity index (χ0n) is 12.9. The lowest BCUT2D eigenvalue weighted by Crippen LogP contribution is -2.27. The van der Waals surface area contributed by atoms with E-state index < -0.39 is 11.9 Å². The van der Waals surface area contributed by atoms with Gasteiger partial charge in [0, 0.05) is 24.2 Å². The maximum atomic E-state index is 12.6. The number of halogens is 3. The fourth-order valence-corrected chi connectivity index (χ4v) is 3.30. The van der Waals surface area contributed by atoms with Gasteiger partial charge in [0.1, 0.15) is 5.69 Å². The lowest BCUT2D eigenvalue weighted by atomic mass is 10.3. The number of rotatable bonds is 1. The van der Waals surface area contributed by atoms with Crippen LogP contribution in [0.2, 0.25) is 0 Å². The fraction of sp³-hybridized carbons (Fsp3) is 0.400. The molecule has 1 aliphatic rings. The van der Waals surface area contributed by atoms with Crippen molar-refractivity contribution >= 4 is 17.4 Å². The number of likely N-dealkylation sites (tertiary alicyclic amines) is 1. The van der Waals surface area contributed by atoms with E-state index in [1.807, 2.05) is 6.92 Å². The smallest absolute Gasteiger partial charge is 0.323 e. The molecule has 3 rings (SSSR count). The predicted octanol–water partition coefficient (Wildman–Crippen LogP) is 3.38. The van der Waals surface area contributed by atoms with Gasteiger partial charge in [0.2, 0.25) is 0 Å². The van der Waals surface area contributed by atoms with E-state index >= 15 is 0 Å². The fourth-order valence-electron chi connectivity index (χ4n) is 2.48. The number of hydrogen-bond acceptors (Lipinski definition) is 3. The number of aryl methyl sites for hydroxylation is 1. The molecular weight excluding hydrogens is 341 g/mol. The van der Waals surface area contributed by atoms with E-state index in [2.05, 4.69) is 9.98 Å². The summed E-state index contributed by atoms with van der Waals surface area (Å²) in [6.45, 7) is 3.22. The van der Waals surface area contributed by atoms with E-state index in [0.29, 0.717) is 23.6 Å². The molecule has 0 bridgehead atoms. The van der Waals surface area contributed by atoms with Gasteiger partial charge in [-0.1, -0.05) is 0 Å². The van der Waals surface area contributed by atoms with E-state index in [9.17, 15) is 18.0 Å². The number of nitrogens with zero attached hydrogens (tertiary/aromatic N) is 4. The molecule has 5 nitrogen and oxygen atoms in total. The molecule has 0 radical (unpaired) electrons. The van der Waals surface area contributed by atoms with Crippen LogP contribution in [-0.4, -0.2) is 33.6 Å². The van der Waals surface area contributed by atoms with E-state index in [1.165, 1.54) is 17.4 Å². The number of amides is 2. The standard InChI is InChI=1S/C15H15F3N4OS/c1-10-9-22(11-4-5-12(19-8-11)15(16,17)18)14(24-10)20-13(23)21-6-2-3-7-21/h4-5,8-9H,2-3,6-7H2,1H3/b20-14-. The van der Waals surface area contributed by atoms with Crippen molar-refractivity contribution in [3.63, 3.8) is 0 Å². The van der Waals surface area contributed by atoms with Crippen LogP contribution in [0.25, 0.3) is 5.69 Å². The quantitative estimate of drug-likeness (QED) is 0.787. The number of carbonyl (C=O) groups excluding carboxylic acids is 1. The Morgan fingerprint density at radius 1 is 1.29 bits per heavy atom. The third kappa shape index (κ3) is 3.50. The van der Waals surface area contributed by atoms with Gasteiger partial charge in [0.05, 0.1) is 11.9 Å². The summed E-state index contributed by atoms with van der Waals surface area (Å²) in [6.07, 6.45) is 0.313. The third-order valence-corrected chi connectivity index (χ3v) is 4.55. The Hall–Kier alpha value is -2.16. The summed E-state index contributed by atoms with van der Waals surface area (Å²) in [7, 11) is 0. The number of alkyl halides is 3. The van der Waals surface area contributed by atoms with Gasteiger partial charge in [-0.05, 0) is 31.9 Å². The largest absolute Gasteiger partial charge is 0.433 e. The highest BCUT2D eigenvalue weighted by Gasteiger charge is 2.32. The molecule has 2 amide bonds. The van der Waals surface area contributed by atoms with Crippen molar-refractivity contribution in [1.82, 2.24) is 14.5 Å². The summed E-state index contributed by atoms with van der Waals surface area (Å²) in [6, 6.07) is 1.92. The van der Waals surface area contributed by atoms with Gasteiger partial charge in [-0.25, -0.2) is 9.78 Å². The highest BCUT2D eigenvalue weighted by Crippen LogP contribution is 2.27. The normalized spacial score (nSPS) is 16.0. The summed E-state index contributed by atoms with van der Waals surface area (Å²) in [4.78, 5) is 22.7. The van der Waals surface area contributed by atoms with Crippen LogP contribution in [0, 0.1) is 6.92 Å². The molecule has 2 aromatic heterocycles. The molecule has 2 aromatic rings. The van der Waals surface area contributed by atoms with Crippen molar-refractivity contribution in [2.24, 2.45) is 4.99 Å². The number of hydrogen-bond donors (Lipinski definition) is 0. The zero-order chi connectivity index (χ0) is 17.3. The highest BCUT2D eigenvalue weighted by molar-refractivity contribution is 7.09. The predicted molar refractivity (Wildman–Crippen MR) is 82.9 cm³/mol. The Bertz CT molecular complexity index is 801. The van der Waals surface area contributed by atoms with Crippen molar-refractivity contribution in [2.45, 2.75) is 25.9 Å². The number of carbonyl (C=O) groups is 1. The average molecular weight is 356 g/mol. The lowest BCUT2D eigenvalue weighted by molar-refractivity contribution is -0.141. The molecule has 0 saturated carbocycles. The molecule has 0 spiro atoms.